The molecule has 1 N–H and O–H groups in total. The predicted molar refractivity (Wildman–Crippen MR) is 80.8 cm³/mol. The van der Waals surface area contributed by atoms with E-state index < -0.39 is 12.1 Å². The second-order valence-corrected chi connectivity index (χ2v) is 6.03. The van der Waals surface area contributed by atoms with Crippen LogP contribution in [0.5, 0.6) is 0 Å². The van der Waals surface area contributed by atoms with Crippen LogP contribution >= 0.6 is 0 Å². The van der Waals surface area contributed by atoms with Crippen LogP contribution in [0, 0.1) is 11.8 Å². The van der Waals surface area contributed by atoms with Crippen molar-refractivity contribution in [3.8, 4) is 0 Å². The molecule has 1 heterocycles. The summed E-state index contributed by atoms with van der Waals surface area (Å²) in [4.78, 5) is 6.10. The minimum Gasteiger partial charge on any atom is -0.364 e. The number of guanidine groups is 1. The molecule has 0 radical (unpaired) electrons. The monoisotopic (exact) mass is 332 g/mol. The van der Waals surface area contributed by atoms with Crippen LogP contribution in [0.4, 0.5) is 13.2 Å². The third-order valence-electron chi connectivity index (χ3n) is 4.32. The number of aliphatic imine (C=N–C) groups is 1. The van der Waals surface area contributed by atoms with Crippen LogP contribution in [0.1, 0.15) is 31.4 Å². The smallest absolute Gasteiger partial charge is 0.364 e. The first kappa shape index (κ1) is 17.6. The Kier molecular flexibility index (Phi) is 5.90. The molecular formula is C15H23F3N4O. The van der Waals surface area contributed by atoms with Gasteiger partial charge < -0.3 is 14.7 Å². The number of rotatable bonds is 4. The Morgan fingerprint density at radius 1 is 1.39 bits per heavy atom. The number of hydrogen-bond donors (Lipinski definition) is 1. The van der Waals surface area contributed by atoms with Gasteiger partial charge in [0.15, 0.2) is 5.96 Å². The van der Waals surface area contributed by atoms with Crippen LogP contribution in [0.2, 0.25) is 0 Å². The van der Waals surface area contributed by atoms with Crippen LogP contribution in [-0.2, 0) is 6.54 Å². The second kappa shape index (κ2) is 7.70. The molecule has 1 aromatic heterocycles. The van der Waals surface area contributed by atoms with Gasteiger partial charge in [0.25, 0.3) is 0 Å². The number of nitrogens with zero attached hydrogens (tertiary/aromatic N) is 3. The van der Waals surface area contributed by atoms with Gasteiger partial charge in [0.2, 0.25) is 0 Å². The quantitative estimate of drug-likeness (QED) is 0.680. The molecule has 0 bridgehead atoms. The Morgan fingerprint density at radius 3 is 2.61 bits per heavy atom. The van der Waals surface area contributed by atoms with Gasteiger partial charge in [0.1, 0.15) is 12.0 Å². The van der Waals surface area contributed by atoms with E-state index in [9.17, 15) is 13.2 Å². The van der Waals surface area contributed by atoms with E-state index in [4.69, 9.17) is 4.52 Å². The van der Waals surface area contributed by atoms with Gasteiger partial charge in [0.05, 0.1) is 12.5 Å². The summed E-state index contributed by atoms with van der Waals surface area (Å²) < 4.78 is 42.8. The molecular weight excluding hydrogens is 309 g/mol. The summed E-state index contributed by atoms with van der Waals surface area (Å²) >= 11 is 0. The number of alkyl halides is 3. The molecule has 5 nitrogen and oxygen atoms in total. The summed E-state index contributed by atoms with van der Waals surface area (Å²) in [5.74, 6) is -0.176. The highest BCUT2D eigenvalue weighted by molar-refractivity contribution is 5.79. The van der Waals surface area contributed by atoms with E-state index in [2.05, 4.69) is 15.5 Å². The highest BCUT2D eigenvalue weighted by Gasteiger charge is 2.41. The molecule has 8 heteroatoms. The molecule has 0 saturated heterocycles. The van der Waals surface area contributed by atoms with Crippen LogP contribution in [0.15, 0.2) is 21.8 Å². The fourth-order valence-electron chi connectivity index (χ4n) is 2.95. The molecule has 1 aliphatic carbocycles. The topological polar surface area (TPSA) is 53.7 Å². The van der Waals surface area contributed by atoms with Crippen molar-refractivity contribution in [3.63, 3.8) is 0 Å². The molecule has 1 fully saturated rings. The molecule has 1 aliphatic rings. The molecule has 1 saturated carbocycles. The van der Waals surface area contributed by atoms with Crippen molar-refractivity contribution in [3.05, 3.63) is 18.0 Å². The summed E-state index contributed by atoms with van der Waals surface area (Å²) in [6.45, 7) is 1.19. The van der Waals surface area contributed by atoms with Gasteiger partial charge in [-0.1, -0.05) is 5.16 Å². The maximum absolute atomic E-state index is 12.7. The lowest BCUT2D eigenvalue weighted by Crippen LogP contribution is -2.41. The molecule has 0 amide bonds. The third-order valence-corrected chi connectivity index (χ3v) is 4.32. The van der Waals surface area contributed by atoms with Gasteiger partial charge in [-0.15, -0.1) is 0 Å². The van der Waals surface area contributed by atoms with Crippen LogP contribution < -0.4 is 5.32 Å². The van der Waals surface area contributed by atoms with E-state index in [1.54, 1.807) is 13.1 Å². The Bertz CT molecular complexity index is 493. The van der Waals surface area contributed by atoms with Gasteiger partial charge in [-0.3, -0.25) is 4.99 Å². The molecule has 23 heavy (non-hydrogen) atoms. The van der Waals surface area contributed by atoms with E-state index in [0.29, 0.717) is 31.9 Å². The van der Waals surface area contributed by atoms with Gasteiger partial charge in [-0.2, -0.15) is 13.2 Å². The largest absolute Gasteiger partial charge is 0.391 e. The number of aromatic nitrogens is 1. The minimum absolute atomic E-state index is 0.225. The zero-order valence-electron chi connectivity index (χ0n) is 13.4. The molecule has 0 aliphatic heterocycles. The lowest BCUT2D eigenvalue weighted by Gasteiger charge is -2.31. The number of hydrogen-bond acceptors (Lipinski definition) is 3. The lowest BCUT2D eigenvalue weighted by molar-refractivity contribution is -0.183. The Morgan fingerprint density at radius 2 is 2.09 bits per heavy atom. The minimum atomic E-state index is -4.05. The van der Waals surface area contributed by atoms with Gasteiger partial charge >= 0.3 is 6.18 Å². The first-order valence-corrected chi connectivity index (χ1v) is 7.78. The SMILES string of the molecule is CN=C(NCC1CCC(C(F)(F)F)CC1)N(C)Cc1ccon1. The van der Waals surface area contributed by atoms with Crippen molar-refractivity contribution in [1.29, 1.82) is 0 Å². The molecule has 1 aromatic rings. The average Bonchev–Trinajstić information content (AvgIpc) is 3.00. The zero-order valence-corrected chi connectivity index (χ0v) is 13.4. The number of halogens is 3. The highest BCUT2D eigenvalue weighted by Crippen LogP contribution is 2.39. The van der Waals surface area contributed by atoms with E-state index in [0.717, 1.165) is 5.69 Å². The molecule has 0 aromatic carbocycles. The van der Waals surface area contributed by atoms with Crippen molar-refractivity contribution in [2.24, 2.45) is 16.8 Å². The summed E-state index contributed by atoms with van der Waals surface area (Å²) in [6, 6.07) is 1.78. The zero-order chi connectivity index (χ0) is 16.9. The van der Waals surface area contributed by atoms with Crippen LogP contribution in [0.3, 0.4) is 0 Å². The summed E-state index contributed by atoms with van der Waals surface area (Å²) in [5.41, 5.74) is 0.793. The van der Waals surface area contributed by atoms with Crippen molar-refractivity contribution in [2.45, 2.75) is 38.4 Å². The fraction of sp³-hybridized carbons (Fsp3) is 0.733. The van der Waals surface area contributed by atoms with E-state index in [-0.39, 0.29) is 18.8 Å². The van der Waals surface area contributed by atoms with Gasteiger partial charge in [-0.25, -0.2) is 0 Å². The van der Waals surface area contributed by atoms with E-state index in [1.165, 1.54) is 6.26 Å². The Hall–Kier alpha value is -1.73. The Labute approximate surface area is 133 Å². The summed E-state index contributed by atoms with van der Waals surface area (Å²) in [7, 11) is 3.56. The average molecular weight is 332 g/mol. The summed E-state index contributed by atoms with van der Waals surface area (Å²) in [5, 5.41) is 7.09. The summed E-state index contributed by atoms with van der Waals surface area (Å²) in [6.07, 6.45) is -0.889. The Balaban J connectivity index is 1.76. The second-order valence-electron chi connectivity index (χ2n) is 6.03. The third kappa shape index (κ3) is 5.14. The predicted octanol–water partition coefficient (Wildman–Crippen LogP) is 3.05. The number of nitrogens with one attached hydrogen (secondary N) is 1. The fourth-order valence-corrected chi connectivity index (χ4v) is 2.95. The van der Waals surface area contributed by atoms with Crippen molar-refractivity contribution in [1.82, 2.24) is 15.4 Å². The van der Waals surface area contributed by atoms with Crippen molar-refractivity contribution >= 4 is 5.96 Å². The van der Waals surface area contributed by atoms with Gasteiger partial charge in [0, 0.05) is 26.7 Å². The van der Waals surface area contributed by atoms with Gasteiger partial charge in [-0.05, 0) is 31.6 Å². The molecule has 0 spiro atoms. The molecule has 2 rings (SSSR count). The maximum Gasteiger partial charge on any atom is 0.391 e. The standard InChI is InChI=1S/C15H23F3N4O/c1-19-14(22(2)10-13-7-8-23-21-13)20-9-11-3-5-12(6-4-11)15(16,17)18/h7-8,11-12H,3-6,9-10H2,1-2H3,(H,19,20). The normalized spacial score (nSPS) is 22.9. The van der Waals surface area contributed by atoms with E-state index in [1.807, 2.05) is 11.9 Å². The van der Waals surface area contributed by atoms with Crippen LogP contribution in [-0.4, -0.2) is 42.8 Å². The first-order valence-electron chi connectivity index (χ1n) is 7.78. The highest BCUT2D eigenvalue weighted by atomic mass is 19.4. The maximum atomic E-state index is 12.7. The molecule has 130 valence electrons. The lowest BCUT2D eigenvalue weighted by atomic mass is 9.81. The van der Waals surface area contributed by atoms with Crippen molar-refractivity contribution in [2.75, 3.05) is 20.6 Å². The molecule has 0 unspecified atom stereocenters. The van der Waals surface area contributed by atoms with Crippen molar-refractivity contribution < 1.29 is 17.7 Å². The first-order chi connectivity index (χ1) is 10.9. The van der Waals surface area contributed by atoms with Crippen LogP contribution in [0.25, 0.3) is 0 Å². The molecule has 0 atom stereocenters. The van der Waals surface area contributed by atoms with E-state index >= 15 is 0 Å².